The number of aromatic nitrogens is 3. The van der Waals surface area contributed by atoms with Crippen molar-refractivity contribution in [1.29, 1.82) is 0 Å². The third-order valence-corrected chi connectivity index (χ3v) is 1.55. The van der Waals surface area contributed by atoms with Crippen LogP contribution < -0.4 is 5.32 Å². The summed E-state index contributed by atoms with van der Waals surface area (Å²) in [5.74, 6) is 1.08. The third kappa shape index (κ3) is 2.40. The summed E-state index contributed by atoms with van der Waals surface area (Å²) in [7, 11) is 0. The molecule has 2 N–H and O–H groups in total. The summed E-state index contributed by atoms with van der Waals surface area (Å²) in [5, 5.41) is 9.28. The molecular weight excluding hydrogens is 168 g/mol. The Morgan fingerprint density at radius 1 is 1.77 bits per heavy atom. The van der Waals surface area contributed by atoms with E-state index in [2.05, 4.69) is 27.1 Å². The molecule has 0 bridgehead atoms. The predicted molar refractivity (Wildman–Crippen MR) is 47.9 cm³/mol. The number of rotatable bonds is 3. The maximum Gasteiger partial charge on any atom is 0.243 e. The molecule has 0 radical (unpaired) electrons. The SMILES string of the molecule is C=CC(=O)NC(C)c1n[nH]c(C)n1. The molecule has 1 unspecified atom stereocenters. The van der Waals surface area contributed by atoms with Crippen LogP contribution in [-0.4, -0.2) is 21.1 Å². The minimum Gasteiger partial charge on any atom is -0.343 e. The summed E-state index contributed by atoms with van der Waals surface area (Å²) in [5.41, 5.74) is 0. The van der Waals surface area contributed by atoms with E-state index in [1.807, 2.05) is 6.92 Å². The van der Waals surface area contributed by atoms with Gasteiger partial charge in [-0.2, -0.15) is 5.10 Å². The lowest BCUT2D eigenvalue weighted by atomic mass is 10.3. The van der Waals surface area contributed by atoms with E-state index in [9.17, 15) is 4.79 Å². The van der Waals surface area contributed by atoms with Gasteiger partial charge in [-0.15, -0.1) is 0 Å². The summed E-state index contributed by atoms with van der Waals surface area (Å²) in [6, 6.07) is -0.199. The molecule has 70 valence electrons. The highest BCUT2D eigenvalue weighted by Crippen LogP contribution is 2.04. The largest absolute Gasteiger partial charge is 0.343 e. The van der Waals surface area contributed by atoms with Crippen LogP contribution in [0.2, 0.25) is 0 Å². The van der Waals surface area contributed by atoms with Gasteiger partial charge in [0.15, 0.2) is 5.82 Å². The monoisotopic (exact) mass is 180 g/mol. The number of amides is 1. The van der Waals surface area contributed by atoms with E-state index in [0.29, 0.717) is 5.82 Å². The highest BCUT2D eigenvalue weighted by molar-refractivity contribution is 5.87. The van der Waals surface area contributed by atoms with Crippen LogP contribution in [0.4, 0.5) is 0 Å². The van der Waals surface area contributed by atoms with Crippen molar-refractivity contribution in [2.45, 2.75) is 19.9 Å². The number of hydrogen-bond donors (Lipinski definition) is 2. The van der Waals surface area contributed by atoms with Gasteiger partial charge in [0.2, 0.25) is 5.91 Å². The van der Waals surface area contributed by atoms with Crippen LogP contribution >= 0.6 is 0 Å². The molecule has 1 amide bonds. The van der Waals surface area contributed by atoms with Crippen molar-refractivity contribution in [2.75, 3.05) is 0 Å². The average molecular weight is 180 g/mol. The van der Waals surface area contributed by atoms with E-state index in [4.69, 9.17) is 0 Å². The van der Waals surface area contributed by atoms with E-state index in [1.165, 1.54) is 6.08 Å². The Kier molecular flexibility index (Phi) is 2.79. The van der Waals surface area contributed by atoms with Crippen molar-refractivity contribution in [2.24, 2.45) is 0 Å². The van der Waals surface area contributed by atoms with Crippen LogP contribution in [0.1, 0.15) is 24.6 Å². The molecule has 1 aromatic rings. The second kappa shape index (κ2) is 3.84. The lowest BCUT2D eigenvalue weighted by molar-refractivity contribution is -0.117. The van der Waals surface area contributed by atoms with Gasteiger partial charge in [0, 0.05) is 0 Å². The van der Waals surface area contributed by atoms with Crippen molar-refractivity contribution in [3.8, 4) is 0 Å². The maximum atomic E-state index is 10.9. The summed E-state index contributed by atoms with van der Waals surface area (Å²) >= 11 is 0. The second-order valence-electron chi connectivity index (χ2n) is 2.71. The first-order valence-electron chi connectivity index (χ1n) is 3.95. The smallest absolute Gasteiger partial charge is 0.243 e. The fourth-order valence-corrected chi connectivity index (χ4v) is 0.891. The molecule has 0 fully saturated rings. The molecule has 0 aliphatic heterocycles. The molecule has 5 nitrogen and oxygen atoms in total. The number of hydrogen-bond acceptors (Lipinski definition) is 3. The van der Waals surface area contributed by atoms with Crippen LogP contribution in [0.3, 0.4) is 0 Å². The number of aryl methyl sites for hydroxylation is 1. The van der Waals surface area contributed by atoms with Crippen molar-refractivity contribution in [3.05, 3.63) is 24.3 Å². The lowest BCUT2D eigenvalue weighted by Crippen LogP contribution is -2.25. The van der Waals surface area contributed by atoms with Gasteiger partial charge in [-0.25, -0.2) is 4.98 Å². The number of H-pyrrole nitrogens is 1. The Labute approximate surface area is 76.3 Å². The highest BCUT2D eigenvalue weighted by atomic mass is 16.1. The zero-order valence-corrected chi connectivity index (χ0v) is 7.66. The van der Waals surface area contributed by atoms with E-state index >= 15 is 0 Å². The average Bonchev–Trinajstić information content (AvgIpc) is 2.51. The number of aromatic amines is 1. The summed E-state index contributed by atoms with van der Waals surface area (Å²) in [6.07, 6.45) is 1.22. The highest BCUT2D eigenvalue weighted by Gasteiger charge is 2.11. The molecule has 1 atom stereocenters. The molecule has 0 spiro atoms. The number of carbonyl (C=O) groups is 1. The number of nitrogens with zero attached hydrogens (tertiary/aromatic N) is 2. The quantitative estimate of drug-likeness (QED) is 0.664. The van der Waals surface area contributed by atoms with Gasteiger partial charge in [-0.1, -0.05) is 6.58 Å². The molecule has 13 heavy (non-hydrogen) atoms. The molecule has 0 aromatic carbocycles. The predicted octanol–water partition coefficient (Wildman–Crippen LogP) is 0.476. The summed E-state index contributed by atoms with van der Waals surface area (Å²) in [6.45, 7) is 6.97. The zero-order chi connectivity index (χ0) is 9.84. The molecule has 0 saturated carbocycles. The molecule has 1 aromatic heterocycles. The lowest BCUT2D eigenvalue weighted by Gasteiger charge is -2.07. The van der Waals surface area contributed by atoms with Crippen molar-refractivity contribution < 1.29 is 4.79 Å². The first-order chi connectivity index (χ1) is 6.13. The summed E-state index contributed by atoms with van der Waals surface area (Å²) < 4.78 is 0. The van der Waals surface area contributed by atoms with Crippen LogP contribution in [-0.2, 0) is 4.79 Å². The van der Waals surface area contributed by atoms with Crippen molar-refractivity contribution in [3.63, 3.8) is 0 Å². The molecule has 5 heteroatoms. The Morgan fingerprint density at radius 2 is 2.46 bits per heavy atom. The second-order valence-corrected chi connectivity index (χ2v) is 2.71. The van der Waals surface area contributed by atoms with Gasteiger partial charge in [0.25, 0.3) is 0 Å². The Hall–Kier alpha value is -1.65. The van der Waals surface area contributed by atoms with Crippen LogP contribution in [0.5, 0.6) is 0 Å². The van der Waals surface area contributed by atoms with Gasteiger partial charge in [0.05, 0.1) is 6.04 Å². The molecule has 1 heterocycles. The van der Waals surface area contributed by atoms with E-state index < -0.39 is 0 Å². The maximum absolute atomic E-state index is 10.9. The topological polar surface area (TPSA) is 70.7 Å². The molecule has 0 aliphatic rings. The minimum atomic E-state index is -0.227. The van der Waals surface area contributed by atoms with E-state index in [1.54, 1.807) is 6.92 Å². The number of carbonyl (C=O) groups excluding carboxylic acids is 1. The standard InChI is InChI=1S/C8H12N4O/c1-4-7(13)9-5(2)8-10-6(3)11-12-8/h4-5H,1H2,2-3H3,(H,9,13)(H,10,11,12). The van der Waals surface area contributed by atoms with Gasteiger partial charge >= 0.3 is 0 Å². The Bertz CT molecular complexity index is 318. The fraction of sp³-hybridized carbons (Fsp3) is 0.375. The van der Waals surface area contributed by atoms with E-state index in [0.717, 1.165) is 5.82 Å². The van der Waals surface area contributed by atoms with Gasteiger partial charge in [-0.05, 0) is 19.9 Å². The minimum absolute atomic E-state index is 0.199. The Morgan fingerprint density at radius 3 is 2.92 bits per heavy atom. The molecule has 0 aliphatic carbocycles. The molecule has 0 saturated heterocycles. The van der Waals surface area contributed by atoms with E-state index in [-0.39, 0.29) is 11.9 Å². The Balaban J connectivity index is 2.63. The number of nitrogens with one attached hydrogen (secondary N) is 2. The van der Waals surface area contributed by atoms with Gasteiger partial charge < -0.3 is 5.32 Å². The zero-order valence-electron chi connectivity index (χ0n) is 7.66. The normalized spacial score (nSPS) is 12.2. The summed E-state index contributed by atoms with van der Waals surface area (Å²) in [4.78, 5) is 15.0. The van der Waals surface area contributed by atoms with Crippen molar-refractivity contribution >= 4 is 5.91 Å². The first kappa shape index (κ1) is 9.44. The van der Waals surface area contributed by atoms with Crippen LogP contribution in [0.15, 0.2) is 12.7 Å². The van der Waals surface area contributed by atoms with Crippen LogP contribution in [0.25, 0.3) is 0 Å². The van der Waals surface area contributed by atoms with Gasteiger partial charge in [0.1, 0.15) is 5.82 Å². The molecule has 1 rings (SSSR count). The van der Waals surface area contributed by atoms with Crippen LogP contribution in [0, 0.1) is 6.92 Å². The van der Waals surface area contributed by atoms with Gasteiger partial charge in [-0.3, -0.25) is 9.89 Å². The van der Waals surface area contributed by atoms with Crippen molar-refractivity contribution in [1.82, 2.24) is 20.5 Å². The molecular formula is C8H12N4O. The fourth-order valence-electron chi connectivity index (χ4n) is 0.891. The first-order valence-corrected chi connectivity index (χ1v) is 3.95. The third-order valence-electron chi connectivity index (χ3n) is 1.55.